The largest absolute Gasteiger partial charge is 0.450 e. The van der Waals surface area contributed by atoms with Gasteiger partial charge in [0.2, 0.25) is 10.9 Å². The van der Waals surface area contributed by atoms with E-state index >= 15 is 0 Å². The quantitative estimate of drug-likeness (QED) is 0.577. The third kappa shape index (κ3) is 4.89. The van der Waals surface area contributed by atoms with E-state index in [1.54, 1.807) is 17.7 Å². The third-order valence-corrected chi connectivity index (χ3v) is 4.56. The maximum Gasteiger partial charge on any atom is 0.374 e. The summed E-state index contributed by atoms with van der Waals surface area (Å²) in [6.45, 7) is 3.13. The number of aromatic nitrogens is 2. The number of amides is 1. The average molecular weight is 418 g/mol. The normalized spacial score (nSPS) is 11.3. The molecule has 3 rings (SSSR count). The number of nitrogens with two attached hydrogens (primary N) is 1. The Morgan fingerprint density at radius 2 is 1.86 bits per heavy atom. The molecular weight excluding hydrogens is 400 g/mol. The molecule has 0 atom stereocenters. The molecule has 0 saturated heterocycles. The molecule has 1 amide bonds. The lowest BCUT2D eigenvalue weighted by Crippen LogP contribution is -2.22. The van der Waals surface area contributed by atoms with E-state index in [-0.39, 0.29) is 5.76 Å². The van der Waals surface area contributed by atoms with Crippen molar-refractivity contribution in [1.82, 2.24) is 9.78 Å². The molecule has 1 aromatic carbocycles. The molecule has 0 saturated carbocycles. The van der Waals surface area contributed by atoms with Gasteiger partial charge in [-0.1, -0.05) is 17.7 Å². The molecule has 152 valence electrons. The summed E-state index contributed by atoms with van der Waals surface area (Å²) in [5.41, 5.74) is 2.52. The number of hydrogen-bond acceptors (Lipinski definition) is 7. The molecule has 0 fully saturated rings. The monoisotopic (exact) mass is 418 g/mol. The molecule has 2 aromatic heterocycles. The molecule has 0 unspecified atom stereocenters. The van der Waals surface area contributed by atoms with Crippen molar-refractivity contribution in [3.63, 3.8) is 0 Å². The smallest absolute Gasteiger partial charge is 0.374 e. The van der Waals surface area contributed by atoms with Crippen LogP contribution in [0.5, 0.6) is 0 Å². The van der Waals surface area contributed by atoms with E-state index in [9.17, 15) is 18.0 Å². The Balaban J connectivity index is 1.65. The van der Waals surface area contributed by atoms with Crippen LogP contribution in [0.4, 0.5) is 5.82 Å². The zero-order chi connectivity index (χ0) is 21.2. The molecule has 3 aromatic rings. The van der Waals surface area contributed by atoms with Crippen molar-refractivity contribution in [1.29, 1.82) is 0 Å². The Hall–Kier alpha value is -3.44. The van der Waals surface area contributed by atoms with Gasteiger partial charge in [-0.05, 0) is 38.1 Å². The summed E-state index contributed by atoms with van der Waals surface area (Å²) in [6, 6.07) is 11.3. The first-order valence-corrected chi connectivity index (χ1v) is 9.91. The van der Waals surface area contributed by atoms with Gasteiger partial charge >= 0.3 is 5.97 Å². The number of carbonyl (C=O) groups excluding carboxylic acids is 2. The van der Waals surface area contributed by atoms with Gasteiger partial charge in [-0.3, -0.25) is 4.79 Å². The summed E-state index contributed by atoms with van der Waals surface area (Å²) < 4.78 is 33.6. The van der Waals surface area contributed by atoms with E-state index in [2.05, 4.69) is 10.4 Å². The van der Waals surface area contributed by atoms with Gasteiger partial charge in [0, 0.05) is 6.07 Å². The van der Waals surface area contributed by atoms with Crippen LogP contribution in [0.25, 0.3) is 5.69 Å². The number of furan rings is 1. The van der Waals surface area contributed by atoms with E-state index < -0.39 is 33.6 Å². The Kier molecular flexibility index (Phi) is 5.52. The maximum atomic E-state index is 12.2. The number of rotatable bonds is 6. The Bertz CT molecular complexity index is 1160. The first-order valence-electron chi connectivity index (χ1n) is 8.37. The van der Waals surface area contributed by atoms with Gasteiger partial charge in [0.1, 0.15) is 5.82 Å². The van der Waals surface area contributed by atoms with Crippen molar-refractivity contribution in [2.75, 3.05) is 11.9 Å². The molecule has 0 aliphatic carbocycles. The highest BCUT2D eigenvalue weighted by molar-refractivity contribution is 7.89. The average Bonchev–Trinajstić information content (AvgIpc) is 3.27. The molecular formula is C18H18N4O6S. The summed E-state index contributed by atoms with van der Waals surface area (Å²) >= 11 is 0. The highest BCUT2D eigenvalue weighted by atomic mass is 32.2. The number of ether oxygens (including phenoxy) is 1. The van der Waals surface area contributed by atoms with Crippen molar-refractivity contribution >= 4 is 27.7 Å². The van der Waals surface area contributed by atoms with Crippen LogP contribution in [0.2, 0.25) is 0 Å². The Labute approximate surface area is 166 Å². The molecule has 0 radical (unpaired) electrons. The predicted molar refractivity (Wildman–Crippen MR) is 102 cm³/mol. The van der Waals surface area contributed by atoms with Crippen LogP contribution in [0, 0.1) is 13.8 Å². The van der Waals surface area contributed by atoms with Crippen molar-refractivity contribution in [3.05, 3.63) is 59.5 Å². The zero-order valence-electron chi connectivity index (χ0n) is 15.6. The van der Waals surface area contributed by atoms with Crippen LogP contribution in [0.3, 0.4) is 0 Å². The molecule has 2 heterocycles. The number of anilines is 1. The lowest BCUT2D eigenvalue weighted by molar-refractivity contribution is -0.119. The number of sulfonamides is 1. The number of nitrogens with zero attached hydrogens (tertiary/aromatic N) is 2. The number of aryl methyl sites for hydroxylation is 2. The summed E-state index contributed by atoms with van der Waals surface area (Å²) in [5.74, 6) is -1.59. The highest BCUT2D eigenvalue weighted by Crippen LogP contribution is 2.18. The van der Waals surface area contributed by atoms with Crippen LogP contribution < -0.4 is 10.5 Å². The van der Waals surface area contributed by atoms with Crippen molar-refractivity contribution in [2.45, 2.75) is 18.9 Å². The second-order valence-electron chi connectivity index (χ2n) is 6.21. The summed E-state index contributed by atoms with van der Waals surface area (Å²) in [7, 11) is -4.08. The molecule has 11 heteroatoms. The number of hydrogen-bond donors (Lipinski definition) is 2. The van der Waals surface area contributed by atoms with Gasteiger partial charge in [0.25, 0.3) is 15.9 Å². The van der Waals surface area contributed by atoms with Crippen LogP contribution in [-0.4, -0.2) is 36.7 Å². The van der Waals surface area contributed by atoms with Crippen LogP contribution >= 0.6 is 0 Å². The summed E-state index contributed by atoms with van der Waals surface area (Å²) in [5, 5.41) is 11.3. The highest BCUT2D eigenvalue weighted by Gasteiger charge is 2.20. The third-order valence-electron chi connectivity index (χ3n) is 3.77. The molecule has 0 spiro atoms. The van der Waals surface area contributed by atoms with E-state index in [4.69, 9.17) is 14.3 Å². The standard InChI is InChI=1S/C18H18N4O6S/c1-11-3-5-13(6-4-11)22-15(9-12(2)21-22)20-16(23)10-27-18(24)14-7-8-17(28-14)29(19,25)26/h3-9H,10H2,1-2H3,(H,20,23)(H2,19,25,26). The molecule has 10 nitrogen and oxygen atoms in total. The second kappa shape index (κ2) is 7.89. The lowest BCUT2D eigenvalue weighted by atomic mass is 10.2. The molecule has 3 N–H and O–H groups in total. The van der Waals surface area contributed by atoms with Gasteiger partial charge < -0.3 is 14.5 Å². The van der Waals surface area contributed by atoms with Crippen molar-refractivity contribution < 1.29 is 27.2 Å². The van der Waals surface area contributed by atoms with Crippen LogP contribution in [0.1, 0.15) is 21.8 Å². The number of primary sulfonamides is 1. The van der Waals surface area contributed by atoms with Gasteiger partial charge in [-0.15, -0.1) is 0 Å². The fraction of sp³-hybridized carbons (Fsp3) is 0.167. The van der Waals surface area contributed by atoms with E-state index in [0.717, 1.165) is 23.4 Å². The number of carbonyl (C=O) groups is 2. The summed E-state index contributed by atoms with van der Waals surface area (Å²) in [4.78, 5) is 24.1. The van der Waals surface area contributed by atoms with Crippen LogP contribution in [0.15, 0.2) is 52.0 Å². The minimum atomic E-state index is -4.08. The minimum Gasteiger partial charge on any atom is -0.450 e. The first-order chi connectivity index (χ1) is 13.6. The van der Waals surface area contributed by atoms with Gasteiger partial charge in [-0.2, -0.15) is 5.10 Å². The SMILES string of the molecule is Cc1ccc(-n2nc(C)cc2NC(=O)COC(=O)c2ccc(S(N)(=O)=O)o2)cc1. The van der Waals surface area contributed by atoms with E-state index in [0.29, 0.717) is 11.5 Å². The maximum absolute atomic E-state index is 12.2. The zero-order valence-corrected chi connectivity index (χ0v) is 16.4. The molecule has 0 bridgehead atoms. The topological polar surface area (TPSA) is 147 Å². The lowest BCUT2D eigenvalue weighted by Gasteiger charge is -2.09. The van der Waals surface area contributed by atoms with Crippen molar-refractivity contribution in [3.8, 4) is 5.69 Å². The fourth-order valence-corrected chi connectivity index (χ4v) is 2.90. The van der Waals surface area contributed by atoms with Gasteiger partial charge in [-0.25, -0.2) is 23.0 Å². The fourth-order valence-electron chi connectivity index (χ4n) is 2.44. The minimum absolute atomic E-state index is 0.387. The number of esters is 1. The Morgan fingerprint density at radius 3 is 2.48 bits per heavy atom. The van der Waals surface area contributed by atoms with Gasteiger partial charge in [0.05, 0.1) is 11.4 Å². The second-order valence-corrected chi connectivity index (χ2v) is 7.70. The number of benzene rings is 1. The molecule has 0 aliphatic rings. The van der Waals surface area contributed by atoms with Gasteiger partial charge in [0.15, 0.2) is 6.61 Å². The first kappa shape index (κ1) is 20.3. The van der Waals surface area contributed by atoms with Crippen LogP contribution in [-0.2, 0) is 19.6 Å². The Morgan fingerprint density at radius 1 is 1.17 bits per heavy atom. The summed E-state index contributed by atoms with van der Waals surface area (Å²) in [6.07, 6.45) is 0. The number of nitrogens with one attached hydrogen (secondary N) is 1. The van der Waals surface area contributed by atoms with Crippen molar-refractivity contribution in [2.24, 2.45) is 5.14 Å². The predicted octanol–water partition coefficient (Wildman–Crippen LogP) is 1.53. The van der Waals surface area contributed by atoms with E-state index in [1.165, 1.54) is 0 Å². The molecule has 0 aliphatic heterocycles. The van der Waals surface area contributed by atoms with E-state index in [1.807, 2.05) is 31.2 Å². The molecule has 29 heavy (non-hydrogen) atoms.